The van der Waals surface area contributed by atoms with Crippen LogP contribution in [0.15, 0.2) is 24.3 Å². The van der Waals surface area contributed by atoms with Crippen LogP contribution in [-0.2, 0) is 9.53 Å². The molecule has 0 aliphatic heterocycles. The van der Waals surface area contributed by atoms with Gasteiger partial charge in [-0.2, -0.15) is 0 Å². The smallest absolute Gasteiger partial charge is 0.412 e. The molecule has 0 spiro atoms. The third-order valence-corrected chi connectivity index (χ3v) is 4.00. The van der Waals surface area contributed by atoms with E-state index in [1.807, 2.05) is 0 Å². The van der Waals surface area contributed by atoms with Crippen LogP contribution in [0.25, 0.3) is 0 Å². The van der Waals surface area contributed by atoms with Crippen LogP contribution in [0.1, 0.15) is 39.0 Å². The van der Waals surface area contributed by atoms with Crippen LogP contribution < -0.4 is 5.32 Å². The Hall–Kier alpha value is -1.55. The van der Waals surface area contributed by atoms with Gasteiger partial charge in [0.25, 0.3) is 0 Å². The van der Waals surface area contributed by atoms with E-state index in [2.05, 4.69) is 5.32 Å². The van der Waals surface area contributed by atoms with Gasteiger partial charge in [0, 0.05) is 16.6 Å². The standard InChI is InChI=1S/C16H20ClNO3/c1-11(15(19)12-6-3-2-4-7-12)21-16(20)18-14-9-5-8-13(17)10-14/h5,8-12H,2-4,6-7H2,1H3,(H,18,20). The van der Waals surface area contributed by atoms with Gasteiger partial charge in [-0.15, -0.1) is 0 Å². The quantitative estimate of drug-likeness (QED) is 0.895. The highest BCUT2D eigenvalue weighted by Crippen LogP contribution is 2.26. The molecular weight excluding hydrogens is 290 g/mol. The van der Waals surface area contributed by atoms with Crippen LogP contribution in [0.4, 0.5) is 10.5 Å². The Morgan fingerprint density at radius 1 is 1.29 bits per heavy atom. The predicted octanol–water partition coefficient (Wildman–Crippen LogP) is 4.43. The second-order valence-electron chi connectivity index (χ2n) is 5.42. The van der Waals surface area contributed by atoms with Crippen molar-refractivity contribution in [3.8, 4) is 0 Å². The number of amides is 1. The summed E-state index contributed by atoms with van der Waals surface area (Å²) < 4.78 is 5.17. The molecule has 1 unspecified atom stereocenters. The Balaban J connectivity index is 1.85. The highest BCUT2D eigenvalue weighted by Gasteiger charge is 2.27. The van der Waals surface area contributed by atoms with Crippen LogP contribution >= 0.6 is 11.6 Å². The summed E-state index contributed by atoms with van der Waals surface area (Å²) >= 11 is 5.84. The van der Waals surface area contributed by atoms with Crippen molar-refractivity contribution in [1.29, 1.82) is 0 Å². The number of carbonyl (C=O) groups excluding carboxylic acids is 2. The minimum absolute atomic E-state index is 0.0240. The minimum Gasteiger partial charge on any atom is -0.438 e. The highest BCUT2D eigenvalue weighted by atomic mass is 35.5. The molecule has 21 heavy (non-hydrogen) atoms. The maximum Gasteiger partial charge on any atom is 0.412 e. The number of Topliss-reactive ketones (excluding diaryl/α,β-unsaturated/α-hetero) is 1. The van der Waals surface area contributed by atoms with Gasteiger partial charge in [0.05, 0.1) is 0 Å². The van der Waals surface area contributed by atoms with E-state index >= 15 is 0 Å². The average molecular weight is 310 g/mol. The third kappa shape index (κ3) is 4.74. The van der Waals surface area contributed by atoms with Gasteiger partial charge in [-0.25, -0.2) is 4.79 Å². The zero-order valence-electron chi connectivity index (χ0n) is 12.1. The molecule has 1 aromatic rings. The van der Waals surface area contributed by atoms with Gasteiger partial charge < -0.3 is 4.74 Å². The molecule has 5 heteroatoms. The summed E-state index contributed by atoms with van der Waals surface area (Å²) in [5.41, 5.74) is 0.546. The summed E-state index contributed by atoms with van der Waals surface area (Å²) in [5.74, 6) is 0.0589. The molecule has 0 saturated heterocycles. The molecule has 2 rings (SSSR count). The number of hydrogen-bond donors (Lipinski definition) is 1. The summed E-state index contributed by atoms with van der Waals surface area (Å²) in [7, 11) is 0. The lowest BCUT2D eigenvalue weighted by Crippen LogP contribution is -2.32. The Morgan fingerprint density at radius 3 is 2.67 bits per heavy atom. The van der Waals surface area contributed by atoms with Gasteiger partial charge in [-0.3, -0.25) is 10.1 Å². The number of carbonyl (C=O) groups is 2. The first-order valence-corrected chi connectivity index (χ1v) is 7.71. The van der Waals surface area contributed by atoms with E-state index in [-0.39, 0.29) is 11.7 Å². The van der Waals surface area contributed by atoms with Crippen molar-refractivity contribution in [3.05, 3.63) is 29.3 Å². The molecule has 0 radical (unpaired) electrons. The average Bonchev–Trinajstić information content (AvgIpc) is 2.47. The lowest BCUT2D eigenvalue weighted by atomic mass is 9.85. The van der Waals surface area contributed by atoms with E-state index in [9.17, 15) is 9.59 Å². The van der Waals surface area contributed by atoms with Crippen LogP contribution in [0.2, 0.25) is 5.02 Å². The second-order valence-corrected chi connectivity index (χ2v) is 5.86. The van der Waals surface area contributed by atoms with E-state index in [1.165, 1.54) is 6.42 Å². The lowest BCUT2D eigenvalue weighted by molar-refractivity contribution is -0.131. The Kier molecular flexibility index (Phi) is 5.62. The van der Waals surface area contributed by atoms with Crippen LogP contribution in [0, 0.1) is 5.92 Å². The van der Waals surface area contributed by atoms with Gasteiger partial charge in [0.2, 0.25) is 0 Å². The van der Waals surface area contributed by atoms with Crippen molar-refractivity contribution in [3.63, 3.8) is 0 Å². The zero-order chi connectivity index (χ0) is 15.2. The fraction of sp³-hybridized carbons (Fsp3) is 0.500. The summed E-state index contributed by atoms with van der Waals surface area (Å²) in [6.07, 6.45) is 3.82. The first kappa shape index (κ1) is 15.8. The molecule has 1 N–H and O–H groups in total. The van der Waals surface area contributed by atoms with Gasteiger partial charge in [-0.1, -0.05) is 36.9 Å². The van der Waals surface area contributed by atoms with Gasteiger partial charge >= 0.3 is 6.09 Å². The topological polar surface area (TPSA) is 55.4 Å². The number of ether oxygens (including phenoxy) is 1. The van der Waals surface area contributed by atoms with Crippen molar-refractivity contribution >= 4 is 29.2 Å². The fourth-order valence-electron chi connectivity index (χ4n) is 2.65. The van der Waals surface area contributed by atoms with Gasteiger partial charge in [-0.05, 0) is 38.0 Å². The largest absolute Gasteiger partial charge is 0.438 e. The number of rotatable bonds is 4. The van der Waals surface area contributed by atoms with Crippen LogP contribution in [0.3, 0.4) is 0 Å². The molecule has 1 aliphatic carbocycles. The molecule has 1 saturated carbocycles. The minimum atomic E-state index is -0.715. The SMILES string of the molecule is CC(OC(=O)Nc1cccc(Cl)c1)C(=O)C1CCCCC1. The Labute approximate surface area is 129 Å². The van der Waals surface area contributed by atoms with Crippen LogP contribution in [-0.4, -0.2) is 18.0 Å². The molecule has 1 amide bonds. The van der Waals surface area contributed by atoms with Gasteiger partial charge in [0.1, 0.15) is 0 Å². The summed E-state index contributed by atoms with van der Waals surface area (Å²) in [6.45, 7) is 1.63. The number of halogens is 1. The molecule has 1 atom stereocenters. The zero-order valence-corrected chi connectivity index (χ0v) is 12.9. The first-order chi connectivity index (χ1) is 10.1. The van der Waals surface area contributed by atoms with Crippen molar-refractivity contribution in [2.75, 3.05) is 5.32 Å². The summed E-state index contributed by atoms with van der Waals surface area (Å²) in [6, 6.07) is 6.78. The number of nitrogens with one attached hydrogen (secondary N) is 1. The first-order valence-electron chi connectivity index (χ1n) is 7.33. The highest BCUT2D eigenvalue weighted by molar-refractivity contribution is 6.30. The second kappa shape index (κ2) is 7.46. The monoisotopic (exact) mass is 309 g/mol. The van der Waals surface area contributed by atoms with E-state index in [1.54, 1.807) is 31.2 Å². The summed E-state index contributed by atoms with van der Waals surface area (Å²) in [4.78, 5) is 24.0. The molecule has 1 aromatic carbocycles. The predicted molar refractivity (Wildman–Crippen MR) is 82.6 cm³/mol. The third-order valence-electron chi connectivity index (χ3n) is 3.76. The Morgan fingerprint density at radius 2 is 2.00 bits per heavy atom. The summed E-state index contributed by atoms with van der Waals surface area (Å²) in [5, 5.41) is 3.10. The van der Waals surface area contributed by atoms with Crippen molar-refractivity contribution < 1.29 is 14.3 Å². The maximum atomic E-state index is 12.2. The number of ketones is 1. The Bertz CT molecular complexity index is 512. The van der Waals surface area contributed by atoms with E-state index < -0.39 is 12.2 Å². The van der Waals surface area contributed by atoms with E-state index in [0.717, 1.165) is 25.7 Å². The lowest BCUT2D eigenvalue weighted by Gasteiger charge is -2.23. The van der Waals surface area contributed by atoms with Crippen molar-refractivity contribution in [1.82, 2.24) is 0 Å². The number of hydrogen-bond acceptors (Lipinski definition) is 3. The van der Waals surface area contributed by atoms with Crippen molar-refractivity contribution in [2.45, 2.75) is 45.1 Å². The molecule has 1 fully saturated rings. The molecule has 4 nitrogen and oxygen atoms in total. The maximum absolute atomic E-state index is 12.2. The number of benzene rings is 1. The molecule has 114 valence electrons. The van der Waals surface area contributed by atoms with Crippen molar-refractivity contribution in [2.24, 2.45) is 5.92 Å². The van der Waals surface area contributed by atoms with Crippen LogP contribution in [0.5, 0.6) is 0 Å². The molecule has 0 aromatic heterocycles. The normalized spacial score (nSPS) is 17.0. The molecule has 0 bridgehead atoms. The fourth-order valence-corrected chi connectivity index (χ4v) is 2.84. The van der Waals surface area contributed by atoms with E-state index in [4.69, 9.17) is 16.3 Å². The molecule has 0 heterocycles. The van der Waals surface area contributed by atoms with Gasteiger partial charge in [0.15, 0.2) is 11.9 Å². The van der Waals surface area contributed by atoms with E-state index in [0.29, 0.717) is 10.7 Å². The molecular formula is C16H20ClNO3. The molecule has 1 aliphatic rings. The number of anilines is 1.